The fourth-order valence-corrected chi connectivity index (χ4v) is 7.46. The number of ether oxygens (including phenoxy) is 1. The number of hydrogen-bond acceptors (Lipinski definition) is 7. The molecule has 1 saturated heterocycles. The zero-order valence-electron chi connectivity index (χ0n) is 22.5. The average Bonchev–Trinajstić information content (AvgIpc) is 3.65. The summed E-state index contributed by atoms with van der Waals surface area (Å²) in [7, 11) is -4.21. The lowest BCUT2D eigenvalue weighted by atomic mass is 10.1. The van der Waals surface area contributed by atoms with Crippen LogP contribution in [-0.2, 0) is 26.2 Å². The molecule has 1 aliphatic rings. The molecule has 0 radical (unpaired) electrons. The van der Waals surface area contributed by atoms with Crippen LogP contribution in [0.15, 0.2) is 60.0 Å². The number of aliphatic carboxylic acids is 1. The first-order chi connectivity index (χ1) is 20.1. The first kappa shape index (κ1) is 29.8. The fraction of sp³-hybridized carbons (Fsp3) is 0.286. The average molecular weight is 633 g/mol. The molecule has 4 aromatic rings. The topological polar surface area (TPSA) is 144 Å². The molecular formula is C28H27Cl2N5O6S. The molecular weight excluding hydrogens is 605 g/mol. The first-order valence-electron chi connectivity index (χ1n) is 13.1. The van der Waals surface area contributed by atoms with E-state index in [4.69, 9.17) is 33.0 Å². The molecule has 0 bridgehead atoms. The van der Waals surface area contributed by atoms with Gasteiger partial charge in [0.05, 0.1) is 23.5 Å². The lowest BCUT2D eigenvalue weighted by molar-refractivity contribution is -0.137. The van der Waals surface area contributed by atoms with Crippen molar-refractivity contribution in [2.75, 3.05) is 13.1 Å². The van der Waals surface area contributed by atoms with Crippen LogP contribution < -0.4 is 10.1 Å². The number of carbonyl (C=O) groups is 2. The maximum absolute atomic E-state index is 13.7. The minimum Gasteiger partial charge on any atom is -0.487 e. The van der Waals surface area contributed by atoms with E-state index >= 15 is 0 Å². The number of rotatable bonds is 10. The predicted molar refractivity (Wildman–Crippen MR) is 157 cm³/mol. The van der Waals surface area contributed by atoms with Crippen molar-refractivity contribution in [2.45, 2.75) is 43.7 Å². The molecule has 2 N–H and O–H groups in total. The minimum absolute atomic E-state index is 0.103. The van der Waals surface area contributed by atoms with Crippen molar-refractivity contribution in [2.24, 2.45) is 0 Å². The third-order valence-corrected chi connectivity index (χ3v) is 9.79. The van der Waals surface area contributed by atoms with E-state index in [1.54, 1.807) is 18.6 Å². The van der Waals surface area contributed by atoms with Gasteiger partial charge in [0.25, 0.3) is 0 Å². The van der Waals surface area contributed by atoms with Crippen LogP contribution in [-0.4, -0.2) is 63.4 Å². The number of fused-ring (bicyclic) bond motifs is 1. The number of carboxylic acids is 1. The zero-order chi connectivity index (χ0) is 30.0. The number of carboxylic acid groups (broad SMARTS) is 1. The number of sulfonamides is 1. The van der Waals surface area contributed by atoms with Crippen LogP contribution in [0.1, 0.15) is 30.5 Å². The lowest BCUT2D eigenvalue weighted by Gasteiger charge is -2.24. The molecule has 42 heavy (non-hydrogen) atoms. The minimum atomic E-state index is -4.21. The van der Waals surface area contributed by atoms with Gasteiger partial charge >= 0.3 is 5.97 Å². The summed E-state index contributed by atoms with van der Waals surface area (Å²) < 4.78 is 36.5. The molecule has 11 nitrogen and oxygen atoms in total. The number of aromatic nitrogens is 3. The fourth-order valence-electron chi connectivity index (χ4n) is 4.94. The van der Waals surface area contributed by atoms with Gasteiger partial charge in [0.1, 0.15) is 28.8 Å². The lowest BCUT2D eigenvalue weighted by Crippen LogP contribution is -2.46. The Morgan fingerprint density at radius 3 is 2.76 bits per heavy atom. The van der Waals surface area contributed by atoms with E-state index < -0.39 is 27.9 Å². The second-order valence-electron chi connectivity index (χ2n) is 9.74. The van der Waals surface area contributed by atoms with Gasteiger partial charge in [-0.15, -0.1) is 0 Å². The Bertz CT molecular complexity index is 1760. The van der Waals surface area contributed by atoms with Crippen molar-refractivity contribution in [1.29, 1.82) is 0 Å². The number of halogens is 2. The highest BCUT2D eigenvalue weighted by atomic mass is 35.5. The van der Waals surface area contributed by atoms with Crippen LogP contribution in [0.3, 0.4) is 0 Å². The molecule has 0 saturated carbocycles. The van der Waals surface area contributed by atoms with Gasteiger partial charge in [-0.25, -0.2) is 18.4 Å². The quantitative estimate of drug-likeness (QED) is 0.263. The molecule has 2 aromatic carbocycles. The van der Waals surface area contributed by atoms with E-state index in [9.17, 15) is 18.0 Å². The van der Waals surface area contributed by atoms with Gasteiger partial charge in [0.15, 0.2) is 0 Å². The predicted octanol–water partition coefficient (Wildman–Crippen LogP) is 4.36. The van der Waals surface area contributed by atoms with Crippen LogP contribution in [0.25, 0.3) is 16.6 Å². The van der Waals surface area contributed by atoms with Crippen molar-refractivity contribution in [3.05, 3.63) is 76.4 Å². The molecule has 3 heterocycles. The normalized spacial score (nSPS) is 15.6. The molecule has 0 spiro atoms. The molecule has 14 heteroatoms. The molecule has 2 aromatic heterocycles. The van der Waals surface area contributed by atoms with Gasteiger partial charge < -0.3 is 19.7 Å². The summed E-state index contributed by atoms with van der Waals surface area (Å²) in [4.78, 5) is 32.1. The zero-order valence-corrected chi connectivity index (χ0v) is 24.8. The number of imidazole rings is 1. The summed E-state index contributed by atoms with van der Waals surface area (Å²) in [6.45, 7) is 1.74. The highest BCUT2D eigenvalue weighted by molar-refractivity contribution is 7.89. The molecule has 1 atom stereocenters. The largest absolute Gasteiger partial charge is 0.487 e. The molecule has 1 amide bonds. The summed E-state index contributed by atoms with van der Waals surface area (Å²) in [6.07, 6.45) is 5.70. The Morgan fingerprint density at radius 2 is 2.02 bits per heavy atom. The number of amides is 1. The summed E-state index contributed by atoms with van der Waals surface area (Å²) in [5, 5.41) is 12.3. The molecule has 5 rings (SSSR count). The standard InChI is InChI=1S/C28H27Cl2N5O6S/c1-17-14-22(34-13-11-31-16-34)18-4-2-6-23(27(18)33-17)41-15-19-20(29)7-8-24(26(19)30)42(39,40)35-12-3-5-21(35)28(38)32-10-9-25(36)37/h2,4,6-8,11,13-14,16,21H,3,5,9-10,12,15H2,1H3,(H,32,38)(H,36,37)/t21-/m0/s1. The monoisotopic (exact) mass is 631 g/mol. The number of aryl methyl sites for hydroxylation is 1. The third kappa shape index (κ3) is 5.93. The van der Waals surface area contributed by atoms with E-state index in [1.807, 2.05) is 35.9 Å². The van der Waals surface area contributed by atoms with Crippen molar-refractivity contribution in [3.8, 4) is 11.4 Å². The number of pyridine rings is 1. The summed E-state index contributed by atoms with van der Waals surface area (Å²) in [5.74, 6) is -1.17. The van der Waals surface area contributed by atoms with Crippen molar-refractivity contribution in [3.63, 3.8) is 0 Å². The molecule has 0 aliphatic carbocycles. The number of nitrogens with one attached hydrogen (secondary N) is 1. The Balaban J connectivity index is 1.42. The Morgan fingerprint density at radius 1 is 1.21 bits per heavy atom. The van der Waals surface area contributed by atoms with Crippen LogP contribution in [0.4, 0.5) is 0 Å². The highest BCUT2D eigenvalue weighted by Crippen LogP contribution is 2.37. The number of carbonyl (C=O) groups excluding carboxylic acids is 1. The second kappa shape index (κ2) is 12.3. The molecule has 0 unspecified atom stereocenters. The third-order valence-electron chi connectivity index (χ3n) is 6.94. The van der Waals surface area contributed by atoms with Gasteiger partial charge in [0.2, 0.25) is 15.9 Å². The Kier molecular flexibility index (Phi) is 8.69. The first-order valence-corrected chi connectivity index (χ1v) is 15.3. The van der Waals surface area contributed by atoms with E-state index in [0.29, 0.717) is 24.1 Å². The summed E-state index contributed by atoms with van der Waals surface area (Å²) >= 11 is 13.1. The smallest absolute Gasteiger partial charge is 0.305 e. The number of benzene rings is 2. The van der Waals surface area contributed by atoms with E-state index in [1.165, 1.54) is 12.1 Å². The van der Waals surface area contributed by atoms with Crippen LogP contribution >= 0.6 is 23.2 Å². The Hall–Kier alpha value is -3.71. The number of nitrogens with zero attached hydrogens (tertiary/aromatic N) is 4. The van der Waals surface area contributed by atoms with Crippen molar-refractivity contribution >= 4 is 56.0 Å². The SMILES string of the molecule is Cc1cc(-n2ccnc2)c2cccc(OCc3c(Cl)ccc(S(=O)(=O)N4CCC[C@H]4C(=O)NCCC(=O)O)c3Cl)c2n1. The van der Waals surface area contributed by atoms with Gasteiger partial charge in [0, 0.05) is 47.1 Å². The maximum atomic E-state index is 13.7. The van der Waals surface area contributed by atoms with Crippen molar-refractivity contribution < 1.29 is 27.9 Å². The molecule has 1 fully saturated rings. The Labute approximate surface area is 252 Å². The number of hydrogen-bond donors (Lipinski definition) is 2. The van der Waals surface area contributed by atoms with E-state index in [0.717, 1.165) is 21.1 Å². The maximum Gasteiger partial charge on any atom is 0.305 e. The van der Waals surface area contributed by atoms with Crippen LogP contribution in [0.5, 0.6) is 5.75 Å². The highest BCUT2D eigenvalue weighted by Gasteiger charge is 2.40. The summed E-state index contributed by atoms with van der Waals surface area (Å²) in [5.41, 5.74) is 2.50. The molecule has 220 valence electrons. The van der Waals surface area contributed by atoms with Crippen molar-refractivity contribution in [1.82, 2.24) is 24.2 Å². The van der Waals surface area contributed by atoms with Gasteiger partial charge in [-0.3, -0.25) is 9.59 Å². The molecule has 1 aliphatic heterocycles. The van der Waals surface area contributed by atoms with E-state index in [2.05, 4.69) is 15.3 Å². The van der Waals surface area contributed by atoms with Crippen LogP contribution in [0.2, 0.25) is 10.0 Å². The second-order valence-corrected chi connectivity index (χ2v) is 12.4. The number of para-hydroxylation sites is 1. The van der Waals surface area contributed by atoms with E-state index in [-0.39, 0.29) is 46.6 Å². The van der Waals surface area contributed by atoms with Gasteiger partial charge in [-0.2, -0.15) is 4.31 Å². The van der Waals surface area contributed by atoms with Gasteiger partial charge in [-0.05, 0) is 44.0 Å². The van der Waals surface area contributed by atoms with Gasteiger partial charge in [-0.1, -0.05) is 35.3 Å². The van der Waals surface area contributed by atoms with Crippen LogP contribution in [0, 0.1) is 6.92 Å². The summed E-state index contributed by atoms with van der Waals surface area (Å²) in [6, 6.07) is 9.20.